The van der Waals surface area contributed by atoms with Crippen LogP contribution in [0.4, 0.5) is 0 Å². The van der Waals surface area contributed by atoms with E-state index >= 15 is 0 Å². The van der Waals surface area contributed by atoms with Crippen LogP contribution in [0.15, 0.2) is 12.7 Å². The van der Waals surface area contributed by atoms with Crippen molar-refractivity contribution >= 4 is 5.78 Å². The van der Waals surface area contributed by atoms with E-state index in [1.54, 1.807) is 0 Å². The molecule has 0 bridgehead atoms. The Balaban J connectivity index is -0.000000141. The standard InChI is InChI=1S/C11H20O.3CH5N/c1-3-5-6-7-8-9-10-11(12)4-2;3*1-2/h3H,1,4-10H2,2H3;3*2H2,1H3. The summed E-state index contributed by atoms with van der Waals surface area (Å²) >= 11 is 0. The van der Waals surface area contributed by atoms with Gasteiger partial charge in [0.2, 0.25) is 0 Å². The van der Waals surface area contributed by atoms with Gasteiger partial charge < -0.3 is 17.2 Å². The molecule has 0 unspecified atom stereocenters. The summed E-state index contributed by atoms with van der Waals surface area (Å²) in [6.45, 7) is 5.60. The van der Waals surface area contributed by atoms with E-state index < -0.39 is 0 Å². The minimum Gasteiger partial charge on any atom is -0.333 e. The monoisotopic (exact) mass is 261 g/mol. The van der Waals surface area contributed by atoms with E-state index in [1.807, 2.05) is 13.0 Å². The second kappa shape index (κ2) is 36.0. The molecular weight excluding hydrogens is 226 g/mol. The highest BCUT2D eigenvalue weighted by Crippen LogP contribution is 2.06. The molecule has 6 N–H and O–H groups in total. The Morgan fingerprint density at radius 1 is 0.944 bits per heavy atom. The molecule has 0 rings (SSSR count). The highest BCUT2D eigenvalue weighted by molar-refractivity contribution is 5.77. The molecule has 0 spiro atoms. The van der Waals surface area contributed by atoms with Gasteiger partial charge in [-0.05, 0) is 40.4 Å². The molecule has 0 aliphatic heterocycles. The van der Waals surface area contributed by atoms with Gasteiger partial charge in [0.1, 0.15) is 5.78 Å². The molecule has 112 valence electrons. The summed E-state index contributed by atoms with van der Waals surface area (Å²) in [6.07, 6.45) is 9.28. The predicted molar refractivity (Wildman–Crippen MR) is 83.5 cm³/mol. The lowest BCUT2D eigenvalue weighted by Gasteiger charge is -1.97. The fraction of sp³-hybridized carbons (Fsp3) is 0.786. The van der Waals surface area contributed by atoms with Crippen molar-refractivity contribution < 1.29 is 4.79 Å². The normalized spacial score (nSPS) is 7.50. The number of carbonyl (C=O) groups excluding carboxylic acids is 1. The van der Waals surface area contributed by atoms with Crippen LogP contribution in [0, 0.1) is 0 Å². The van der Waals surface area contributed by atoms with Crippen LogP contribution in [0.2, 0.25) is 0 Å². The number of hydrogen-bond donors (Lipinski definition) is 3. The van der Waals surface area contributed by atoms with Gasteiger partial charge in [-0.2, -0.15) is 0 Å². The average molecular weight is 261 g/mol. The lowest BCUT2D eigenvalue weighted by molar-refractivity contribution is -0.118. The number of unbranched alkanes of at least 4 members (excludes halogenated alkanes) is 4. The molecule has 4 nitrogen and oxygen atoms in total. The first-order valence-corrected chi connectivity index (χ1v) is 6.67. The summed E-state index contributed by atoms with van der Waals surface area (Å²) in [5.74, 6) is 0.402. The van der Waals surface area contributed by atoms with Crippen LogP contribution in [0.3, 0.4) is 0 Å². The molecular formula is C14H35N3O. The van der Waals surface area contributed by atoms with Crippen molar-refractivity contribution in [3.05, 3.63) is 12.7 Å². The van der Waals surface area contributed by atoms with E-state index in [0.717, 1.165) is 19.3 Å². The Morgan fingerprint density at radius 3 is 1.78 bits per heavy atom. The van der Waals surface area contributed by atoms with E-state index in [0.29, 0.717) is 12.2 Å². The van der Waals surface area contributed by atoms with Crippen LogP contribution >= 0.6 is 0 Å². The first-order chi connectivity index (χ1) is 8.81. The third-order valence-corrected chi connectivity index (χ3v) is 2.01. The van der Waals surface area contributed by atoms with Crippen molar-refractivity contribution in [2.45, 2.75) is 51.9 Å². The largest absolute Gasteiger partial charge is 0.333 e. The molecule has 18 heavy (non-hydrogen) atoms. The van der Waals surface area contributed by atoms with E-state index in [1.165, 1.54) is 40.4 Å². The van der Waals surface area contributed by atoms with Crippen LogP contribution in [0.25, 0.3) is 0 Å². The van der Waals surface area contributed by atoms with Crippen molar-refractivity contribution in [1.82, 2.24) is 0 Å². The molecule has 0 aliphatic carbocycles. The number of rotatable bonds is 8. The SMILES string of the molecule is C=CCCCCCCC(=O)CC.CN.CN.CN. The molecule has 0 amide bonds. The van der Waals surface area contributed by atoms with Gasteiger partial charge in [-0.25, -0.2) is 0 Å². The van der Waals surface area contributed by atoms with E-state index in [4.69, 9.17) is 0 Å². The summed E-state index contributed by atoms with van der Waals surface area (Å²) in [4.78, 5) is 10.9. The number of nitrogens with two attached hydrogens (primary N) is 3. The van der Waals surface area contributed by atoms with Crippen LogP contribution in [-0.4, -0.2) is 26.9 Å². The second-order valence-corrected chi connectivity index (χ2v) is 3.13. The second-order valence-electron chi connectivity index (χ2n) is 3.13. The first kappa shape index (κ1) is 26.0. The Morgan fingerprint density at radius 2 is 1.39 bits per heavy atom. The van der Waals surface area contributed by atoms with Gasteiger partial charge in [0.15, 0.2) is 0 Å². The Bertz CT molecular complexity index is 139. The van der Waals surface area contributed by atoms with Gasteiger partial charge in [0.25, 0.3) is 0 Å². The van der Waals surface area contributed by atoms with Crippen molar-refractivity contribution in [1.29, 1.82) is 0 Å². The van der Waals surface area contributed by atoms with Crippen molar-refractivity contribution in [2.75, 3.05) is 21.1 Å². The zero-order valence-corrected chi connectivity index (χ0v) is 12.9. The summed E-state index contributed by atoms with van der Waals surface area (Å²) in [6, 6.07) is 0. The van der Waals surface area contributed by atoms with Gasteiger partial charge in [0.05, 0.1) is 0 Å². The van der Waals surface area contributed by atoms with Crippen molar-refractivity contribution in [2.24, 2.45) is 17.2 Å². The fourth-order valence-corrected chi connectivity index (χ4v) is 1.14. The van der Waals surface area contributed by atoms with E-state index in [-0.39, 0.29) is 0 Å². The van der Waals surface area contributed by atoms with Crippen LogP contribution < -0.4 is 17.2 Å². The molecule has 0 saturated heterocycles. The highest BCUT2D eigenvalue weighted by Gasteiger charge is 1.96. The molecule has 0 heterocycles. The van der Waals surface area contributed by atoms with Crippen molar-refractivity contribution in [3.63, 3.8) is 0 Å². The van der Waals surface area contributed by atoms with Crippen LogP contribution in [0.1, 0.15) is 51.9 Å². The maximum atomic E-state index is 10.9. The first-order valence-electron chi connectivity index (χ1n) is 6.67. The molecule has 0 atom stereocenters. The topological polar surface area (TPSA) is 95.1 Å². The Labute approximate surface area is 114 Å². The molecule has 0 aromatic heterocycles. The summed E-state index contributed by atoms with van der Waals surface area (Å²) in [7, 11) is 4.50. The fourth-order valence-electron chi connectivity index (χ4n) is 1.14. The number of carbonyl (C=O) groups is 1. The highest BCUT2D eigenvalue weighted by atomic mass is 16.1. The van der Waals surface area contributed by atoms with E-state index in [9.17, 15) is 4.79 Å². The molecule has 0 aromatic rings. The van der Waals surface area contributed by atoms with Gasteiger partial charge in [0, 0.05) is 12.8 Å². The smallest absolute Gasteiger partial charge is 0.132 e. The number of ketones is 1. The molecule has 4 heteroatoms. The average Bonchev–Trinajstić information content (AvgIpc) is 2.48. The van der Waals surface area contributed by atoms with Gasteiger partial charge in [-0.3, -0.25) is 4.79 Å². The summed E-state index contributed by atoms with van der Waals surface area (Å²) in [5.41, 5.74) is 13.5. The number of Topliss-reactive ketones (excluding diaryl/α,β-unsaturated/α-hetero) is 1. The number of allylic oxidation sites excluding steroid dienone is 1. The maximum Gasteiger partial charge on any atom is 0.132 e. The predicted octanol–water partition coefficient (Wildman–Crippen LogP) is 2.22. The molecule has 0 aliphatic rings. The zero-order valence-electron chi connectivity index (χ0n) is 12.9. The quantitative estimate of drug-likeness (QED) is 0.461. The van der Waals surface area contributed by atoms with Gasteiger partial charge >= 0.3 is 0 Å². The summed E-state index contributed by atoms with van der Waals surface area (Å²) < 4.78 is 0. The van der Waals surface area contributed by atoms with Crippen LogP contribution in [0.5, 0.6) is 0 Å². The third-order valence-electron chi connectivity index (χ3n) is 2.01. The van der Waals surface area contributed by atoms with Gasteiger partial charge in [-0.15, -0.1) is 6.58 Å². The maximum absolute atomic E-state index is 10.9. The lowest BCUT2D eigenvalue weighted by Crippen LogP contribution is -1.93. The molecule has 0 radical (unpaired) electrons. The Hall–Kier alpha value is -0.710. The number of hydrogen-bond acceptors (Lipinski definition) is 4. The molecule has 0 aromatic carbocycles. The van der Waals surface area contributed by atoms with E-state index in [2.05, 4.69) is 23.8 Å². The Kier molecular flexibility index (Phi) is 51.9. The summed E-state index contributed by atoms with van der Waals surface area (Å²) in [5, 5.41) is 0. The minimum atomic E-state index is 0.402. The minimum absolute atomic E-state index is 0.402. The lowest BCUT2D eigenvalue weighted by atomic mass is 10.1. The van der Waals surface area contributed by atoms with Crippen LogP contribution in [-0.2, 0) is 4.79 Å². The van der Waals surface area contributed by atoms with Crippen molar-refractivity contribution in [3.8, 4) is 0 Å². The molecule has 0 fully saturated rings. The zero-order chi connectivity index (χ0) is 15.2. The van der Waals surface area contributed by atoms with Gasteiger partial charge in [-0.1, -0.05) is 25.8 Å². The molecule has 0 saturated carbocycles. The third kappa shape index (κ3) is 36.2.